The van der Waals surface area contributed by atoms with Crippen molar-refractivity contribution in [3.8, 4) is 0 Å². The van der Waals surface area contributed by atoms with Gasteiger partial charge in [0.15, 0.2) is 0 Å². The number of hydrogen-bond acceptors (Lipinski definition) is 5. The molecule has 2 heterocycles. The predicted molar refractivity (Wildman–Crippen MR) is 133 cm³/mol. The number of hydrogen-bond donors (Lipinski definition) is 1. The standard InChI is InChI=1S/C25H37N3O4S/c1-3-5-14-28(20-22-11-10-17-32-22)24-13-12-21(26-33(30,31)18-6-4-2)19-23(24)25(29)27-15-8-7-9-16-27/h10-13,17,19,26H,3-9,14-16,18,20H2,1-2H3. The SMILES string of the molecule is CCCCN(Cc1ccco1)c1ccc(NS(=O)(=O)CCCC)cc1C(=O)N1CCCCC1. The Bertz CT molecular complexity index is 983. The lowest BCUT2D eigenvalue weighted by Gasteiger charge is -2.31. The van der Waals surface area contributed by atoms with Crippen LogP contribution < -0.4 is 9.62 Å². The number of nitrogens with zero attached hydrogens (tertiary/aromatic N) is 2. The molecule has 8 heteroatoms. The Hall–Kier alpha value is -2.48. The van der Waals surface area contributed by atoms with E-state index in [4.69, 9.17) is 4.42 Å². The maximum Gasteiger partial charge on any atom is 0.256 e. The fraction of sp³-hybridized carbons (Fsp3) is 0.560. The molecular weight excluding hydrogens is 438 g/mol. The number of carbonyl (C=O) groups excluding carboxylic acids is 1. The van der Waals surface area contributed by atoms with Crippen LogP contribution in [0.5, 0.6) is 0 Å². The number of benzene rings is 1. The Morgan fingerprint density at radius 1 is 1.09 bits per heavy atom. The number of piperidine rings is 1. The summed E-state index contributed by atoms with van der Waals surface area (Å²) in [6.07, 6.45) is 8.19. The maximum atomic E-state index is 13.6. The van der Waals surface area contributed by atoms with E-state index in [0.717, 1.165) is 69.6 Å². The summed E-state index contributed by atoms with van der Waals surface area (Å²) in [5, 5.41) is 0. The molecule has 1 fully saturated rings. The van der Waals surface area contributed by atoms with Gasteiger partial charge in [-0.15, -0.1) is 0 Å². The van der Waals surface area contributed by atoms with Gasteiger partial charge in [-0.3, -0.25) is 9.52 Å². The molecule has 1 aromatic heterocycles. The van der Waals surface area contributed by atoms with Crippen LogP contribution in [0.1, 0.15) is 74.9 Å². The lowest BCUT2D eigenvalue weighted by molar-refractivity contribution is 0.0725. The van der Waals surface area contributed by atoms with Gasteiger partial charge in [0.25, 0.3) is 5.91 Å². The molecule has 7 nitrogen and oxygen atoms in total. The fourth-order valence-electron chi connectivity index (χ4n) is 4.10. The minimum absolute atomic E-state index is 0.0414. The summed E-state index contributed by atoms with van der Waals surface area (Å²) in [5.74, 6) is 0.856. The van der Waals surface area contributed by atoms with Gasteiger partial charge < -0.3 is 14.2 Å². The summed E-state index contributed by atoms with van der Waals surface area (Å²) in [6, 6.07) is 9.12. The summed E-state index contributed by atoms with van der Waals surface area (Å²) < 4.78 is 33.2. The average molecular weight is 476 g/mol. The Labute approximate surface area is 198 Å². The molecule has 0 atom stereocenters. The number of anilines is 2. The van der Waals surface area contributed by atoms with Crippen LogP contribution in [0, 0.1) is 0 Å². The van der Waals surface area contributed by atoms with Crippen molar-refractivity contribution >= 4 is 27.3 Å². The second-order valence-electron chi connectivity index (χ2n) is 8.71. The minimum atomic E-state index is -3.46. The zero-order chi connectivity index (χ0) is 23.7. The van der Waals surface area contributed by atoms with Gasteiger partial charge in [0, 0.05) is 25.3 Å². The van der Waals surface area contributed by atoms with E-state index in [1.54, 1.807) is 18.4 Å². The van der Waals surface area contributed by atoms with Crippen molar-refractivity contribution in [2.45, 2.75) is 65.3 Å². The van der Waals surface area contributed by atoms with Crippen molar-refractivity contribution in [1.29, 1.82) is 0 Å². The molecule has 1 N–H and O–H groups in total. The zero-order valence-electron chi connectivity index (χ0n) is 19.9. The van der Waals surface area contributed by atoms with Crippen LogP contribution in [0.4, 0.5) is 11.4 Å². The molecule has 1 saturated heterocycles. The highest BCUT2D eigenvalue weighted by molar-refractivity contribution is 7.92. The quantitative estimate of drug-likeness (QED) is 0.453. The van der Waals surface area contributed by atoms with Gasteiger partial charge >= 0.3 is 0 Å². The first kappa shape index (κ1) is 25.1. The molecule has 0 spiro atoms. The van der Waals surface area contributed by atoms with E-state index in [1.165, 1.54) is 0 Å². The van der Waals surface area contributed by atoms with Crippen LogP contribution >= 0.6 is 0 Å². The van der Waals surface area contributed by atoms with Crippen molar-refractivity contribution in [3.05, 3.63) is 47.9 Å². The first-order valence-electron chi connectivity index (χ1n) is 12.1. The Morgan fingerprint density at radius 3 is 2.52 bits per heavy atom. The highest BCUT2D eigenvalue weighted by Crippen LogP contribution is 2.29. The van der Waals surface area contributed by atoms with Crippen molar-refractivity contribution in [1.82, 2.24) is 4.90 Å². The fourth-order valence-corrected chi connectivity index (χ4v) is 5.36. The zero-order valence-corrected chi connectivity index (χ0v) is 20.7. The maximum absolute atomic E-state index is 13.6. The summed E-state index contributed by atoms with van der Waals surface area (Å²) in [7, 11) is -3.46. The number of amides is 1. The van der Waals surface area contributed by atoms with E-state index in [1.807, 2.05) is 30.0 Å². The normalized spacial score (nSPS) is 14.3. The van der Waals surface area contributed by atoms with Gasteiger partial charge in [0.2, 0.25) is 10.0 Å². The monoisotopic (exact) mass is 475 g/mol. The van der Waals surface area contributed by atoms with Crippen molar-refractivity contribution in [2.24, 2.45) is 0 Å². The van der Waals surface area contributed by atoms with E-state index < -0.39 is 10.0 Å². The van der Waals surface area contributed by atoms with Crippen molar-refractivity contribution in [2.75, 3.05) is 35.0 Å². The molecule has 3 rings (SSSR count). The Balaban J connectivity index is 1.96. The molecule has 1 amide bonds. The van der Waals surface area contributed by atoms with Crippen LogP contribution in [0.3, 0.4) is 0 Å². The van der Waals surface area contributed by atoms with E-state index in [9.17, 15) is 13.2 Å². The molecule has 1 aliphatic rings. The number of rotatable bonds is 12. The summed E-state index contributed by atoms with van der Waals surface area (Å²) in [5.41, 5.74) is 1.78. The lowest BCUT2D eigenvalue weighted by atomic mass is 10.1. The smallest absolute Gasteiger partial charge is 0.256 e. The van der Waals surface area contributed by atoms with Gasteiger partial charge in [-0.1, -0.05) is 26.7 Å². The molecule has 0 radical (unpaired) electrons. The second kappa shape index (κ2) is 12.1. The van der Waals surface area contributed by atoms with Crippen LogP contribution in [-0.4, -0.2) is 44.6 Å². The van der Waals surface area contributed by atoms with Crippen LogP contribution in [0.15, 0.2) is 41.0 Å². The number of sulfonamides is 1. The molecule has 33 heavy (non-hydrogen) atoms. The predicted octanol–water partition coefficient (Wildman–Crippen LogP) is 5.25. The Morgan fingerprint density at radius 2 is 1.85 bits per heavy atom. The first-order chi connectivity index (χ1) is 15.9. The third-order valence-corrected chi connectivity index (χ3v) is 7.33. The molecule has 1 aliphatic heterocycles. The summed E-state index contributed by atoms with van der Waals surface area (Å²) in [6.45, 7) is 6.90. The van der Waals surface area contributed by atoms with Gasteiger partial charge in [-0.2, -0.15) is 0 Å². The van der Waals surface area contributed by atoms with E-state index in [2.05, 4.69) is 16.5 Å². The summed E-state index contributed by atoms with van der Waals surface area (Å²) >= 11 is 0. The lowest BCUT2D eigenvalue weighted by Crippen LogP contribution is -2.37. The van der Waals surface area contributed by atoms with Crippen molar-refractivity contribution < 1.29 is 17.6 Å². The highest BCUT2D eigenvalue weighted by Gasteiger charge is 2.24. The third kappa shape index (κ3) is 7.25. The highest BCUT2D eigenvalue weighted by atomic mass is 32.2. The van der Waals surface area contributed by atoms with E-state index in [0.29, 0.717) is 24.2 Å². The topological polar surface area (TPSA) is 82.9 Å². The van der Waals surface area contributed by atoms with Gasteiger partial charge in [0.1, 0.15) is 5.76 Å². The molecule has 1 aromatic carbocycles. The molecule has 0 bridgehead atoms. The molecular formula is C25H37N3O4S. The molecule has 0 saturated carbocycles. The number of likely N-dealkylation sites (tertiary alicyclic amines) is 1. The molecule has 0 unspecified atom stereocenters. The van der Waals surface area contributed by atoms with Gasteiger partial charge in [-0.25, -0.2) is 8.42 Å². The average Bonchev–Trinajstić information content (AvgIpc) is 3.33. The van der Waals surface area contributed by atoms with Gasteiger partial charge in [0.05, 0.1) is 29.8 Å². The van der Waals surface area contributed by atoms with Crippen LogP contribution in [-0.2, 0) is 16.6 Å². The minimum Gasteiger partial charge on any atom is -0.467 e. The van der Waals surface area contributed by atoms with Crippen LogP contribution in [0.25, 0.3) is 0 Å². The number of nitrogens with one attached hydrogen (secondary N) is 1. The number of carbonyl (C=O) groups is 1. The number of furan rings is 1. The molecule has 0 aliphatic carbocycles. The second-order valence-corrected chi connectivity index (χ2v) is 10.6. The Kier molecular flexibility index (Phi) is 9.23. The van der Waals surface area contributed by atoms with Crippen molar-refractivity contribution in [3.63, 3.8) is 0 Å². The number of unbranched alkanes of at least 4 members (excludes halogenated alkanes) is 2. The summed E-state index contributed by atoms with van der Waals surface area (Å²) in [4.78, 5) is 17.6. The molecule has 2 aromatic rings. The van der Waals surface area contributed by atoms with Gasteiger partial charge in [-0.05, 0) is 62.4 Å². The van der Waals surface area contributed by atoms with E-state index in [-0.39, 0.29) is 11.7 Å². The largest absolute Gasteiger partial charge is 0.467 e. The third-order valence-electron chi connectivity index (χ3n) is 5.96. The first-order valence-corrected chi connectivity index (χ1v) is 13.8. The molecule has 182 valence electrons. The van der Waals surface area contributed by atoms with E-state index >= 15 is 0 Å². The van der Waals surface area contributed by atoms with Crippen LogP contribution in [0.2, 0.25) is 0 Å².